The molecule has 0 fully saturated rings. The number of aryl methyl sites for hydroxylation is 1. The Morgan fingerprint density at radius 3 is 2.37 bits per heavy atom. The number of hydrogen-bond donors (Lipinski definition) is 1. The lowest BCUT2D eigenvalue weighted by atomic mass is 9.83. The number of benzene rings is 1. The van der Waals surface area contributed by atoms with Gasteiger partial charge in [0.15, 0.2) is 5.05 Å². The van der Waals surface area contributed by atoms with Gasteiger partial charge in [-0.05, 0) is 53.7 Å². The molecule has 1 N–H and O–H groups in total. The van der Waals surface area contributed by atoms with Crippen LogP contribution in [0.3, 0.4) is 0 Å². The lowest BCUT2D eigenvalue weighted by molar-refractivity contribution is 0.291. The molecular formula is C16H24O2S. The second-order valence-corrected chi connectivity index (χ2v) is 6.41. The van der Waals surface area contributed by atoms with Gasteiger partial charge in [0.1, 0.15) is 12.4 Å². The second kappa shape index (κ2) is 5.91. The van der Waals surface area contributed by atoms with Crippen LogP contribution in [0.2, 0.25) is 0 Å². The highest BCUT2D eigenvalue weighted by molar-refractivity contribution is 7.80. The molecule has 0 atom stereocenters. The summed E-state index contributed by atoms with van der Waals surface area (Å²) in [5, 5.41) is 11.0. The smallest absolute Gasteiger partial charge is 0.159 e. The van der Waals surface area contributed by atoms with Crippen LogP contribution < -0.4 is 0 Å². The molecule has 0 amide bonds. The highest BCUT2D eigenvalue weighted by Gasteiger charge is 2.22. The minimum Gasteiger partial charge on any atom is -0.507 e. The van der Waals surface area contributed by atoms with Gasteiger partial charge in [0, 0.05) is 6.42 Å². The van der Waals surface area contributed by atoms with Gasteiger partial charge in [-0.1, -0.05) is 33.8 Å². The number of thiocarbonyl (C=S) groups is 1. The van der Waals surface area contributed by atoms with E-state index in [0.717, 1.165) is 28.7 Å². The average Bonchev–Trinajstić information content (AvgIpc) is 2.31. The summed E-state index contributed by atoms with van der Waals surface area (Å²) < 4.78 is 5.54. The third-order valence-electron chi connectivity index (χ3n) is 3.37. The largest absolute Gasteiger partial charge is 0.507 e. The number of rotatable bonds is 3. The normalized spacial score (nSPS) is 11.5. The summed E-state index contributed by atoms with van der Waals surface area (Å²) in [6.07, 6.45) is 0.736. The van der Waals surface area contributed by atoms with Crippen molar-refractivity contribution in [3.8, 4) is 5.75 Å². The zero-order chi connectivity index (χ0) is 14.8. The molecule has 1 aromatic rings. The Bertz CT molecular complexity index is 485. The van der Waals surface area contributed by atoms with E-state index in [1.807, 2.05) is 13.8 Å². The van der Waals surface area contributed by atoms with Gasteiger partial charge in [-0.2, -0.15) is 0 Å². The van der Waals surface area contributed by atoms with Crippen LogP contribution in [0.1, 0.15) is 56.4 Å². The summed E-state index contributed by atoms with van der Waals surface area (Å²) in [6.45, 7) is 12.7. The van der Waals surface area contributed by atoms with Gasteiger partial charge in [-0.15, -0.1) is 0 Å². The van der Waals surface area contributed by atoms with Gasteiger partial charge in [-0.25, -0.2) is 0 Å². The molecule has 0 aromatic heterocycles. The lowest BCUT2D eigenvalue weighted by Gasteiger charge is -2.24. The van der Waals surface area contributed by atoms with Crippen molar-refractivity contribution in [1.29, 1.82) is 0 Å². The van der Waals surface area contributed by atoms with Crippen molar-refractivity contribution in [3.05, 3.63) is 28.3 Å². The molecule has 3 heteroatoms. The average molecular weight is 280 g/mol. The van der Waals surface area contributed by atoms with Gasteiger partial charge in [0.2, 0.25) is 0 Å². The van der Waals surface area contributed by atoms with Crippen molar-refractivity contribution in [2.75, 3.05) is 0 Å². The van der Waals surface area contributed by atoms with E-state index in [1.54, 1.807) is 0 Å². The lowest BCUT2D eigenvalue weighted by Crippen LogP contribution is -2.14. The van der Waals surface area contributed by atoms with E-state index in [2.05, 4.69) is 33.8 Å². The number of hydrogen-bond acceptors (Lipinski definition) is 3. The fraction of sp³-hybridized carbons (Fsp3) is 0.562. The Balaban J connectivity index is 3.16. The van der Waals surface area contributed by atoms with E-state index < -0.39 is 0 Å². The minimum atomic E-state index is -0.0717. The predicted molar refractivity (Wildman–Crippen MR) is 84.0 cm³/mol. The topological polar surface area (TPSA) is 29.5 Å². The van der Waals surface area contributed by atoms with Gasteiger partial charge in [0.05, 0.1) is 0 Å². The Kier molecular flexibility index (Phi) is 4.97. The summed E-state index contributed by atoms with van der Waals surface area (Å²) >= 11 is 5.07. The summed E-state index contributed by atoms with van der Waals surface area (Å²) in [5.74, 6) is 0.374. The van der Waals surface area contributed by atoms with E-state index in [1.165, 1.54) is 0 Å². The first-order valence-corrected chi connectivity index (χ1v) is 7.07. The summed E-state index contributed by atoms with van der Waals surface area (Å²) in [7, 11) is 0. The Morgan fingerprint density at radius 1 is 1.32 bits per heavy atom. The van der Waals surface area contributed by atoms with Gasteiger partial charge in [-0.3, -0.25) is 0 Å². The molecule has 0 saturated carbocycles. The number of phenols is 1. The van der Waals surface area contributed by atoms with Gasteiger partial charge in [0.25, 0.3) is 0 Å². The Hall–Kier alpha value is -1.09. The molecule has 0 unspecified atom stereocenters. The first-order chi connectivity index (χ1) is 8.68. The van der Waals surface area contributed by atoms with Crippen LogP contribution in [0.15, 0.2) is 6.07 Å². The molecule has 0 aliphatic rings. The van der Waals surface area contributed by atoms with Crippen molar-refractivity contribution < 1.29 is 9.84 Å². The zero-order valence-corrected chi connectivity index (χ0v) is 13.6. The van der Waals surface area contributed by atoms with Crippen molar-refractivity contribution >= 4 is 17.3 Å². The van der Waals surface area contributed by atoms with Crippen LogP contribution in [-0.4, -0.2) is 10.2 Å². The summed E-state index contributed by atoms with van der Waals surface area (Å²) in [4.78, 5) is 0. The first kappa shape index (κ1) is 16.0. The van der Waals surface area contributed by atoms with Crippen LogP contribution in [0.25, 0.3) is 0 Å². The molecule has 0 aliphatic carbocycles. The molecule has 0 heterocycles. The molecule has 0 saturated heterocycles. The van der Waals surface area contributed by atoms with Gasteiger partial charge >= 0.3 is 0 Å². The maximum atomic E-state index is 10.4. The van der Waals surface area contributed by atoms with Crippen LogP contribution in [0, 0.1) is 13.8 Å². The highest BCUT2D eigenvalue weighted by Crippen LogP contribution is 2.36. The fourth-order valence-corrected chi connectivity index (χ4v) is 2.12. The molecule has 0 spiro atoms. The van der Waals surface area contributed by atoms with E-state index >= 15 is 0 Å². The molecule has 1 rings (SSSR count). The summed E-state index contributed by atoms with van der Waals surface area (Å²) in [6, 6.07) is 2.05. The van der Waals surface area contributed by atoms with Crippen LogP contribution in [0.4, 0.5) is 0 Å². The monoisotopic (exact) mass is 280 g/mol. The molecular weight excluding hydrogens is 256 g/mol. The maximum absolute atomic E-state index is 10.4. The fourth-order valence-electron chi connectivity index (χ4n) is 2.06. The molecule has 106 valence electrons. The van der Waals surface area contributed by atoms with E-state index in [0.29, 0.717) is 17.4 Å². The predicted octanol–water partition coefficient (Wildman–Crippen LogP) is 4.56. The third kappa shape index (κ3) is 3.69. The molecule has 19 heavy (non-hydrogen) atoms. The van der Waals surface area contributed by atoms with Crippen LogP contribution in [0.5, 0.6) is 5.75 Å². The maximum Gasteiger partial charge on any atom is 0.159 e. The molecule has 1 aromatic carbocycles. The SMILES string of the molecule is CCC(=S)OCc1c(C)cc(C(C)(C)C)c(O)c1C. The number of aromatic hydroxyl groups is 1. The minimum absolute atomic E-state index is 0.0717. The zero-order valence-electron chi connectivity index (χ0n) is 12.8. The van der Waals surface area contributed by atoms with Crippen molar-refractivity contribution in [1.82, 2.24) is 0 Å². The van der Waals surface area contributed by atoms with Crippen molar-refractivity contribution in [3.63, 3.8) is 0 Å². The Morgan fingerprint density at radius 2 is 1.89 bits per heavy atom. The standard InChI is InChI=1S/C16H24O2S/c1-7-14(19)18-9-12-10(2)8-13(16(4,5)6)15(17)11(12)3/h8,17H,7,9H2,1-6H3. The number of phenolic OH excluding ortho intramolecular Hbond substituents is 1. The highest BCUT2D eigenvalue weighted by atomic mass is 32.1. The molecule has 0 radical (unpaired) electrons. The molecule has 0 bridgehead atoms. The quantitative estimate of drug-likeness (QED) is 0.823. The number of ether oxygens (including phenoxy) is 1. The first-order valence-electron chi connectivity index (χ1n) is 6.66. The van der Waals surface area contributed by atoms with Crippen LogP contribution >= 0.6 is 12.2 Å². The second-order valence-electron chi connectivity index (χ2n) is 5.96. The van der Waals surface area contributed by atoms with Crippen molar-refractivity contribution in [2.24, 2.45) is 0 Å². The van der Waals surface area contributed by atoms with E-state index in [-0.39, 0.29) is 5.41 Å². The molecule has 2 nitrogen and oxygen atoms in total. The third-order valence-corrected chi connectivity index (χ3v) is 3.78. The van der Waals surface area contributed by atoms with E-state index in [9.17, 15) is 5.11 Å². The van der Waals surface area contributed by atoms with Gasteiger partial charge < -0.3 is 9.84 Å². The van der Waals surface area contributed by atoms with Crippen LogP contribution in [-0.2, 0) is 16.8 Å². The Labute approximate surface area is 121 Å². The van der Waals surface area contributed by atoms with Crippen molar-refractivity contribution in [2.45, 2.75) is 60.0 Å². The molecule has 0 aliphatic heterocycles. The summed E-state index contributed by atoms with van der Waals surface area (Å²) in [5.41, 5.74) is 3.96. The van der Waals surface area contributed by atoms with E-state index in [4.69, 9.17) is 17.0 Å².